The fourth-order valence-corrected chi connectivity index (χ4v) is 5.83. The minimum absolute atomic E-state index is 0.00198. The largest absolute Gasteiger partial charge is 0.454 e. The zero-order valence-electron chi connectivity index (χ0n) is 23.5. The number of amides is 1. The van der Waals surface area contributed by atoms with Gasteiger partial charge < -0.3 is 19.1 Å². The molecule has 7 rings (SSSR count). The average molecular weight is 581 g/mol. The van der Waals surface area contributed by atoms with Gasteiger partial charge in [0.15, 0.2) is 17.7 Å². The first-order chi connectivity index (χ1) is 20.7. The SMILES string of the molecule is CC1(C)C=C2C(N(Cc3ccc4c(c3)OCO4)C(=N)N2C(=O)OCc2ccccc2)n2c(=O)n(-c3ccccc3)c(=O)n21. The van der Waals surface area contributed by atoms with E-state index in [0.717, 1.165) is 15.7 Å². The van der Waals surface area contributed by atoms with Crippen LogP contribution in [0.3, 0.4) is 0 Å². The fourth-order valence-electron chi connectivity index (χ4n) is 5.83. The van der Waals surface area contributed by atoms with Crippen molar-refractivity contribution in [3.8, 4) is 17.2 Å². The van der Waals surface area contributed by atoms with E-state index < -0.39 is 29.2 Å². The first kappa shape index (κ1) is 26.4. The summed E-state index contributed by atoms with van der Waals surface area (Å²) in [6.07, 6.45) is -0.00738. The van der Waals surface area contributed by atoms with Gasteiger partial charge in [0.05, 0.1) is 16.9 Å². The van der Waals surface area contributed by atoms with Crippen molar-refractivity contribution in [2.45, 2.75) is 38.7 Å². The van der Waals surface area contributed by atoms with E-state index in [4.69, 9.17) is 14.2 Å². The van der Waals surface area contributed by atoms with Gasteiger partial charge >= 0.3 is 17.5 Å². The van der Waals surface area contributed by atoms with Crippen molar-refractivity contribution in [2.75, 3.05) is 6.79 Å². The minimum atomic E-state index is -1.03. The number of allylic oxidation sites excluding steroid dienone is 1. The summed E-state index contributed by atoms with van der Waals surface area (Å²) in [5.74, 6) is 0.978. The summed E-state index contributed by atoms with van der Waals surface area (Å²) in [7, 11) is 0. The van der Waals surface area contributed by atoms with E-state index in [2.05, 4.69) is 0 Å². The van der Waals surface area contributed by atoms with Gasteiger partial charge in [-0.2, -0.15) is 0 Å². The number of guanidine groups is 1. The predicted octanol–water partition coefficient (Wildman–Crippen LogP) is 3.75. The van der Waals surface area contributed by atoms with Crippen LogP contribution >= 0.6 is 0 Å². The van der Waals surface area contributed by atoms with Crippen LogP contribution in [0.5, 0.6) is 11.5 Å². The Balaban J connectivity index is 1.35. The normalized spacial score (nSPS) is 17.9. The maximum absolute atomic E-state index is 14.1. The molecule has 4 heterocycles. The molecule has 3 aliphatic heterocycles. The molecule has 1 amide bonds. The van der Waals surface area contributed by atoms with Gasteiger partial charge in [0.2, 0.25) is 12.8 Å². The van der Waals surface area contributed by atoms with Crippen molar-refractivity contribution >= 4 is 12.1 Å². The van der Waals surface area contributed by atoms with Crippen molar-refractivity contribution in [3.05, 3.63) is 123 Å². The molecule has 0 saturated carbocycles. The Bertz CT molecular complexity index is 1910. The number of carbonyl (C=O) groups excluding carboxylic acids is 1. The Kier molecular flexibility index (Phi) is 6.01. The minimum Gasteiger partial charge on any atom is -0.454 e. The highest BCUT2D eigenvalue weighted by atomic mass is 16.7. The molecule has 3 aromatic carbocycles. The van der Waals surface area contributed by atoms with Crippen LogP contribution in [0.4, 0.5) is 4.79 Å². The maximum atomic E-state index is 14.1. The first-order valence-corrected chi connectivity index (χ1v) is 13.7. The smallest absolute Gasteiger partial charge is 0.421 e. The molecule has 1 atom stereocenters. The van der Waals surface area contributed by atoms with Crippen LogP contribution in [0.2, 0.25) is 0 Å². The van der Waals surface area contributed by atoms with E-state index in [1.54, 1.807) is 67.3 Å². The molecule has 12 nitrogen and oxygen atoms in total. The van der Waals surface area contributed by atoms with Crippen LogP contribution in [0.25, 0.3) is 5.69 Å². The summed E-state index contributed by atoms with van der Waals surface area (Å²) >= 11 is 0. The van der Waals surface area contributed by atoms with E-state index in [1.807, 2.05) is 36.4 Å². The third kappa shape index (κ3) is 4.21. The number of ether oxygens (including phenoxy) is 3. The van der Waals surface area contributed by atoms with Crippen LogP contribution in [0.15, 0.2) is 100 Å². The Morgan fingerprint density at radius 3 is 2.37 bits per heavy atom. The number of nitrogens with one attached hydrogen (secondary N) is 1. The number of para-hydroxylation sites is 1. The van der Waals surface area contributed by atoms with Gasteiger partial charge in [-0.05, 0) is 55.3 Å². The first-order valence-electron chi connectivity index (χ1n) is 13.7. The molecule has 1 aromatic heterocycles. The molecule has 0 bridgehead atoms. The second kappa shape index (κ2) is 9.79. The Morgan fingerprint density at radius 1 is 0.930 bits per heavy atom. The third-order valence-electron chi connectivity index (χ3n) is 7.75. The number of nitrogens with zero attached hydrogens (tertiary/aromatic N) is 5. The Hall–Kier alpha value is -5.52. The van der Waals surface area contributed by atoms with Gasteiger partial charge in [0.1, 0.15) is 6.61 Å². The lowest BCUT2D eigenvalue weighted by molar-refractivity contribution is 0.120. The maximum Gasteiger partial charge on any atom is 0.421 e. The van der Waals surface area contributed by atoms with E-state index >= 15 is 0 Å². The molecule has 0 radical (unpaired) electrons. The van der Waals surface area contributed by atoms with Crippen molar-refractivity contribution < 1.29 is 19.0 Å². The van der Waals surface area contributed by atoms with E-state index in [0.29, 0.717) is 22.9 Å². The molecular formula is C31H28N6O6. The van der Waals surface area contributed by atoms with E-state index in [1.165, 1.54) is 14.3 Å². The number of hydrogen-bond acceptors (Lipinski definition) is 7. The standard InChI is InChI=1S/C31H28N6O6/c1-31(2)16-23-26(36-28(38)34(29(39)37(31)36)22-11-7-4-8-12-22)33(17-21-13-14-24-25(15-21)43-19-42-24)27(32)35(23)30(40)41-18-20-9-5-3-6-10-20/h3-16,26,32H,17-19H2,1-2H3. The molecule has 1 saturated heterocycles. The molecular weight excluding hydrogens is 552 g/mol. The zero-order chi connectivity index (χ0) is 29.9. The van der Waals surface area contributed by atoms with Crippen molar-refractivity contribution in [2.24, 2.45) is 0 Å². The molecule has 3 aliphatic rings. The van der Waals surface area contributed by atoms with E-state index in [-0.39, 0.29) is 25.9 Å². The summed E-state index contributed by atoms with van der Waals surface area (Å²) in [5, 5.41) is 9.18. The zero-order valence-corrected chi connectivity index (χ0v) is 23.5. The van der Waals surface area contributed by atoms with Gasteiger partial charge in [-0.1, -0.05) is 54.6 Å². The van der Waals surface area contributed by atoms with Crippen molar-refractivity contribution in [1.82, 2.24) is 23.7 Å². The number of aromatic nitrogens is 3. The van der Waals surface area contributed by atoms with Gasteiger partial charge in [-0.3, -0.25) is 5.41 Å². The second-order valence-electron chi connectivity index (χ2n) is 11.0. The molecule has 1 fully saturated rings. The topological polar surface area (TPSA) is 124 Å². The number of hydrogen-bond donors (Lipinski definition) is 1. The molecule has 4 aromatic rings. The molecule has 0 spiro atoms. The van der Waals surface area contributed by atoms with Crippen LogP contribution < -0.4 is 20.9 Å². The average Bonchev–Trinajstić information content (AvgIpc) is 3.65. The lowest BCUT2D eigenvalue weighted by Crippen LogP contribution is -2.47. The van der Waals surface area contributed by atoms with Crippen LogP contribution in [0.1, 0.15) is 31.1 Å². The highest BCUT2D eigenvalue weighted by Gasteiger charge is 2.51. The van der Waals surface area contributed by atoms with Crippen LogP contribution in [-0.2, 0) is 23.4 Å². The third-order valence-corrected chi connectivity index (χ3v) is 7.75. The van der Waals surface area contributed by atoms with Gasteiger partial charge in [0, 0.05) is 6.54 Å². The molecule has 218 valence electrons. The van der Waals surface area contributed by atoms with Gasteiger partial charge in [-0.15, -0.1) is 0 Å². The Labute approximate surface area is 245 Å². The Morgan fingerprint density at radius 2 is 1.63 bits per heavy atom. The van der Waals surface area contributed by atoms with Crippen molar-refractivity contribution in [1.29, 1.82) is 5.41 Å². The summed E-state index contributed by atoms with van der Waals surface area (Å²) in [4.78, 5) is 44.4. The fraction of sp³-hybridized carbons (Fsp3) is 0.226. The summed E-state index contributed by atoms with van der Waals surface area (Å²) < 4.78 is 20.5. The lowest BCUT2D eigenvalue weighted by atomic mass is 10.0. The van der Waals surface area contributed by atoms with Crippen LogP contribution in [0, 0.1) is 5.41 Å². The molecule has 43 heavy (non-hydrogen) atoms. The van der Waals surface area contributed by atoms with Crippen molar-refractivity contribution in [3.63, 3.8) is 0 Å². The van der Waals surface area contributed by atoms with Gasteiger partial charge in [-0.25, -0.2) is 33.2 Å². The van der Waals surface area contributed by atoms with Crippen LogP contribution in [-0.4, -0.2) is 42.6 Å². The molecule has 1 N–H and O–H groups in total. The lowest BCUT2D eigenvalue weighted by Gasteiger charge is -2.35. The summed E-state index contributed by atoms with van der Waals surface area (Å²) in [6, 6.07) is 23.3. The molecule has 0 aliphatic carbocycles. The summed E-state index contributed by atoms with van der Waals surface area (Å²) in [6.45, 7) is 3.79. The predicted molar refractivity (Wildman–Crippen MR) is 155 cm³/mol. The van der Waals surface area contributed by atoms with E-state index in [9.17, 15) is 19.8 Å². The molecule has 1 unspecified atom stereocenters. The summed E-state index contributed by atoms with van der Waals surface area (Å²) in [5.41, 5.74) is 0.147. The second-order valence-corrected chi connectivity index (χ2v) is 11.0. The quantitative estimate of drug-likeness (QED) is 0.381. The number of fused-ring (bicyclic) bond motifs is 4. The number of benzene rings is 3. The monoisotopic (exact) mass is 580 g/mol. The number of carbonyl (C=O) groups is 1. The van der Waals surface area contributed by atoms with Gasteiger partial charge in [0.25, 0.3) is 0 Å². The number of rotatable bonds is 5. The highest BCUT2D eigenvalue weighted by molar-refractivity contribution is 5.97. The highest BCUT2D eigenvalue weighted by Crippen LogP contribution is 2.42. The molecule has 12 heteroatoms.